The van der Waals surface area contributed by atoms with Crippen LogP contribution < -0.4 is 0 Å². The van der Waals surface area contributed by atoms with Gasteiger partial charge in [-0.05, 0) is 49.3 Å². The number of hydrogen-bond acceptors (Lipinski definition) is 1. The molecule has 2 nitrogen and oxygen atoms in total. The van der Waals surface area contributed by atoms with Crippen LogP contribution in [-0.4, -0.2) is 17.5 Å². The fourth-order valence-electron chi connectivity index (χ4n) is 2.13. The number of hydroxylamine groups is 1. The first-order valence-corrected chi connectivity index (χ1v) is 6.88. The second-order valence-electron chi connectivity index (χ2n) is 5.31. The Labute approximate surface area is 111 Å². The fraction of sp³-hybridized carbons (Fsp3) is 0.562. The highest BCUT2D eigenvalue weighted by Gasteiger charge is 2.02. The molecule has 0 bridgehead atoms. The molecule has 1 rings (SSSR count). The molecule has 0 fully saturated rings. The molecule has 1 aromatic rings. The van der Waals surface area contributed by atoms with Crippen LogP contribution in [0.25, 0.3) is 0 Å². The van der Waals surface area contributed by atoms with Crippen molar-refractivity contribution in [2.24, 2.45) is 5.92 Å². The monoisotopic (exact) mass is 247 g/mol. The van der Waals surface area contributed by atoms with Gasteiger partial charge in [-0.2, -0.15) is 0 Å². The third-order valence-corrected chi connectivity index (χ3v) is 3.11. The van der Waals surface area contributed by atoms with Gasteiger partial charge in [-0.3, -0.25) is 0 Å². The molecule has 0 unspecified atom stereocenters. The topological polar surface area (TPSA) is 26.1 Å². The first-order chi connectivity index (χ1) is 8.52. The summed E-state index contributed by atoms with van der Waals surface area (Å²) in [6, 6.07) is 6.71. The van der Waals surface area contributed by atoms with E-state index in [2.05, 4.69) is 39.0 Å². The van der Waals surface area contributed by atoms with Gasteiger partial charge in [-0.15, -0.1) is 0 Å². The van der Waals surface area contributed by atoms with Crippen LogP contribution in [0.5, 0.6) is 0 Å². The van der Waals surface area contributed by atoms with Crippen LogP contribution in [0.1, 0.15) is 43.9 Å². The van der Waals surface area contributed by atoms with E-state index in [1.54, 1.807) is 6.21 Å². The maximum absolute atomic E-state index is 11.1. The molecule has 1 aromatic carbocycles. The largest absolute Gasteiger partial charge is 0.624 e. The summed E-state index contributed by atoms with van der Waals surface area (Å²) in [6.45, 7) is 9.05. The summed E-state index contributed by atoms with van der Waals surface area (Å²) in [4.78, 5) is 0. The summed E-state index contributed by atoms with van der Waals surface area (Å²) in [6.07, 6.45) is 4.65. The van der Waals surface area contributed by atoms with Crippen molar-refractivity contribution in [1.29, 1.82) is 0 Å². The van der Waals surface area contributed by atoms with Crippen LogP contribution in [0, 0.1) is 18.0 Å². The first kappa shape index (κ1) is 14.7. The molecule has 0 aromatic heterocycles. The zero-order valence-corrected chi connectivity index (χ0v) is 12.1. The van der Waals surface area contributed by atoms with Crippen LogP contribution in [0.15, 0.2) is 18.2 Å². The molecule has 0 radical (unpaired) electrons. The van der Waals surface area contributed by atoms with Crippen molar-refractivity contribution in [3.8, 4) is 0 Å². The lowest BCUT2D eigenvalue weighted by Gasteiger charge is -2.09. The third kappa shape index (κ3) is 4.91. The van der Waals surface area contributed by atoms with E-state index in [4.69, 9.17) is 0 Å². The molecule has 18 heavy (non-hydrogen) atoms. The lowest BCUT2D eigenvalue weighted by atomic mass is 9.97. The van der Waals surface area contributed by atoms with Crippen LogP contribution in [0.3, 0.4) is 0 Å². The van der Waals surface area contributed by atoms with Gasteiger partial charge >= 0.3 is 0 Å². The van der Waals surface area contributed by atoms with Gasteiger partial charge in [0, 0.05) is 6.42 Å². The van der Waals surface area contributed by atoms with E-state index in [9.17, 15) is 5.21 Å². The van der Waals surface area contributed by atoms with Crippen molar-refractivity contribution >= 4 is 6.21 Å². The van der Waals surface area contributed by atoms with Gasteiger partial charge < -0.3 is 5.21 Å². The minimum absolute atomic E-state index is 0.534. The summed E-state index contributed by atoms with van der Waals surface area (Å²) in [7, 11) is 0. The molecule has 0 heterocycles. The van der Waals surface area contributed by atoms with Gasteiger partial charge in [0.05, 0.1) is 0 Å². The maximum Gasteiger partial charge on any atom is 0.151 e. The molecule has 0 spiro atoms. The lowest BCUT2D eigenvalue weighted by Crippen LogP contribution is -2.04. The SMILES string of the molecule is CC/[N+]([O-])=C\CCc1ccc(CC(C)C)cc1C. The van der Waals surface area contributed by atoms with Crippen LogP contribution >= 0.6 is 0 Å². The van der Waals surface area contributed by atoms with E-state index in [1.807, 2.05) is 6.92 Å². The third-order valence-electron chi connectivity index (χ3n) is 3.11. The van der Waals surface area contributed by atoms with Gasteiger partial charge in [-0.1, -0.05) is 32.0 Å². The highest BCUT2D eigenvalue weighted by atomic mass is 16.5. The quantitative estimate of drug-likeness (QED) is 0.325. The predicted octanol–water partition coefficient (Wildman–Crippen LogP) is 3.73. The van der Waals surface area contributed by atoms with Crippen molar-refractivity contribution in [1.82, 2.24) is 0 Å². The highest BCUT2D eigenvalue weighted by Crippen LogP contribution is 2.15. The summed E-state index contributed by atoms with van der Waals surface area (Å²) < 4.78 is 1.00. The Bertz CT molecular complexity index is 408. The number of hydrogen-bond donors (Lipinski definition) is 0. The number of benzene rings is 1. The number of aryl methyl sites for hydroxylation is 2. The Morgan fingerprint density at radius 2 is 2.06 bits per heavy atom. The first-order valence-electron chi connectivity index (χ1n) is 6.88. The number of rotatable bonds is 6. The summed E-state index contributed by atoms with van der Waals surface area (Å²) in [5, 5.41) is 11.1. The van der Waals surface area contributed by atoms with Gasteiger partial charge in [-0.25, -0.2) is 4.74 Å². The van der Waals surface area contributed by atoms with E-state index >= 15 is 0 Å². The van der Waals surface area contributed by atoms with Gasteiger partial charge in [0.2, 0.25) is 0 Å². The molecule has 100 valence electrons. The Balaban J connectivity index is 2.62. The molecule has 0 saturated carbocycles. The van der Waals surface area contributed by atoms with E-state index < -0.39 is 0 Å². The molecule has 0 saturated heterocycles. The zero-order valence-electron chi connectivity index (χ0n) is 12.1. The summed E-state index contributed by atoms with van der Waals surface area (Å²) in [5.41, 5.74) is 4.10. The Morgan fingerprint density at radius 3 is 2.61 bits per heavy atom. The van der Waals surface area contributed by atoms with E-state index in [1.165, 1.54) is 16.7 Å². The van der Waals surface area contributed by atoms with Crippen molar-refractivity contribution in [2.75, 3.05) is 6.54 Å². The lowest BCUT2D eigenvalue weighted by molar-refractivity contribution is -0.449. The molecule has 2 heteroatoms. The molecular formula is C16H25NO. The van der Waals surface area contributed by atoms with Crippen molar-refractivity contribution in [2.45, 2.75) is 47.0 Å². The minimum Gasteiger partial charge on any atom is -0.624 e. The average molecular weight is 247 g/mol. The second-order valence-corrected chi connectivity index (χ2v) is 5.31. The zero-order chi connectivity index (χ0) is 13.5. The normalized spacial score (nSPS) is 12.2. The van der Waals surface area contributed by atoms with Gasteiger partial charge in [0.25, 0.3) is 0 Å². The molecular weight excluding hydrogens is 222 g/mol. The van der Waals surface area contributed by atoms with Crippen molar-refractivity contribution in [3.05, 3.63) is 40.1 Å². The Kier molecular flexibility index (Phi) is 5.90. The van der Waals surface area contributed by atoms with E-state index in [0.29, 0.717) is 12.5 Å². The molecule has 0 atom stereocenters. The Morgan fingerprint density at radius 1 is 1.33 bits per heavy atom. The van der Waals surface area contributed by atoms with E-state index in [0.717, 1.165) is 24.0 Å². The molecule has 0 aliphatic carbocycles. The summed E-state index contributed by atoms with van der Waals surface area (Å²) in [5.74, 6) is 0.696. The van der Waals surface area contributed by atoms with Gasteiger partial charge in [0.1, 0.15) is 6.54 Å². The average Bonchev–Trinajstić information content (AvgIpc) is 2.31. The maximum atomic E-state index is 11.1. The standard InChI is InChI=1S/C16H25NO/c1-5-17(18)10-6-7-16-9-8-15(11-13(2)3)12-14(16)4/h8-10,12-13H,5-7,11H2,1-4H3/b17-10+. The molecule has 0 aliphatic rings. The van der Waals surface area contributed by atoms with Crippen LogP contribution in [-0.2, 0) is 12.8 Å². The van der Waals surface area contributed by atoms with Crippen molar-refractivity contribution < 1.29 is 4.74 Å². The summed E-state index contributed by atoms with van der Waals surface area (Å²) >= 11 is 0. The smallest absolute Gasteiger partial charge is 0.151 e. The second kappa shape index (κ2) is 7.20. The number of nitrogens with zero attached hydrogens (tertiary/aromatic N) is 1. The molecule has 0 aliphatic heterocycles. The molecule has 0 amide bonds. The highest BCUT2D eigenvalue weighted by molar-refractivity contribution is 5.52. The molecule has 0 N–H and O–H groups in total. The minimum atomic E-state index is 0.534. The van der Waals surface area contributed by atoms with Crippen LogP contribution in [0.4, 0.5) is 0 Å². The van der Waals surface area contributed by atoms with Crippen molar-refractivity contribution in [3.63, 3.8) is 0 Å². The van der Waals surface area contributed by atoms with Crippen LogP contribution in [0.2, 0.25) is 0 Å². The predicted molar refractivity (Wildman–Crippen MR) is 78.3 cm³/mol. The Hall–Kier alpha value is -1.31. The fourth-order valence-corrected chi connectivity index (χ4v) is 2.13. The van der Waals surface area contributed by atoms with E-state index in [-0.39, 0.29) is 0 Å². The van der Waals surface area contributed by atoms with Gasteiger partial charge in [0.15, 0.2) is 6.21 Å².